The lowest BCUT2D eigenvalue weighted by molar-refractivity contribution is 0.0594. The van der Waals surface area contributed by atoms with Crippen molar-refractivity contribution in [2.45, 2.75) is 31.0 Å². The fourth-order valence-corrected chi connectivity index (χ4v) is 3.87. The number of hydrogen-bond donors (Lipinski definition) is 0. The third-order valence-corrected chi connectivity index (χ3v) is 5.79. The molecule has 0 N–H and O–H groups in total. The number of halogens is 1. The summed E-state index contributed by atoms with van der Waals surface area (Å²) >= 11 is 3.59. The first kappa shape index (κ1) is 13.5. The summed E-state index contributed by atoms with van der Waals surface area (Å²) in [5.74, 6) is 0.968. The van der Waals surface area contributed by atoms with Gasteiger partial charge in [0.1, 0.15) is 9.84 Å². The fourth-order valence-electron chi connectivity index (χ4n) is 1.78. The molecule has 1 aliphatic rings. The Balaban J connectivity index is 2.35. The summed E-state index contributed by atoms with van der Waals surface area (Å²) in [4.78, 5) is 0.420. The molecule has 1 aliphatic heterocycles. The van der Waals surface area contributed by atoms with Crippen LogP contribution in [0.4, 0.5) is 0 Å². The quantitative estimate of drug-likeness (QED) is 0.729. The molecule has 5 heteroatoms. The van der Waals surface area contributed by atoms with E-state index in [2.05, 4.69) is 15.9 Å². The van der Waals surface area contributed by atoms with Crippen LogP contribution in [0.5, 0.6) is 0 Å². The molecule has 1 saturated heterocycles. The summed E-state index contributed by atoms with van der Waals surface area (Å²) in [5, 5.41) is 0. The van der Waals surface area contributed by atoms with Crippen LogP contribution < -0.4 is 0 Å². The first-order valence-electron chi connectivity index (χ1n) is 5.47. The number of hydrogen-bond acceptors (Lipinski definition) is 3. The maximum Gasteiger partial charge on any atom is 0.150 e. The zero-order valence-electron chi connectivity index (χ0n) is 9.12. The van der Waals surface area contributed by atoms with Crippen molar-refractivity contribution in [2.75, 3.05) is 24.7 Å². The summed E-state index contributed by atoms with van der Waals surface area (Å²) in [7, 11) is -2.83. The third-order valence-electron chi connectivity index (χ3n) is 2.70. The van der Waals surface area contributed by atoms with Gasteiger partial charge in [0.2, 0.25) is 0 Å². The largest absolute Gasteiger partial charge is 0.381 e. The van der Waals surface area contributed by atoms with Crippen molar-refractivity contribution in [1.82, 2.24) is 0 Å². The Morgan fingerprint density at radius 2 is 2.13 bits per heavy atom. The van der Waals surface area contributed by atoms with E-state index in [0.717, 1.165) is 19.4 Å². The lowest BCUT2D eigenvalue weighted by atomic mass is 10.00. The highest BCUT2D eigenvalue weighted by atomic mass is 79.9. The topological polar surface area (TPSA) is 43.4 Å². The molecule has 0 amide bonds. The minimum absolute atomic E-state index is 0.303. The second kappa shape index (κ2) is 6.21. The molecule has 0 bridgehead atoms. The van der Waals surface area contributed by atoms with Crippen LogP contribution in [0.15, 0.2) is 0 Å². The highest BCUT2D eigenvalue weighted by Gasteiger charge is 2.24. The van der Waals surface area contributed by atoms with Crippen LogP contribution in [-0.2, 0) is 14.6 Å². The van der Waals surface area contributed by atoms with Gasteiger partial charge in [-0.1, -0.05) is 22.9 Å². The van der Waals surface area contributed by atoms with Crippen LogP contribution in [0.2, 0.25) is 0 Å². The lowest BCUT2D eigenvalue weighted by Gasteiger charge is -2.27. The van der Waals surface area contributed by atoms with Crippen LogP contribution in [0, 0.1) is 5.92 Å². The molecule has 0 spiro atoms. The minimum atomic E-state index is -2.83. The van der Waals surface area contributed by atoms with Crippen LogP contribution in [0.1, 0.15) is 26.2 Å². The fraction of sp³-hybridized carbons (Fsp3) is 1.00. The van der Waals surface area contributed by atoms with Crippen molar-refractivity contribution in [1.29, 1.82) is 0 Å². The van der Waals surface area contributed by atoms with E-state index < -0.39 is 9.84 Å². The lowest BCUT2D eigenvalue weighted by Crippen LogP contribution is -2.29. The van der Waals surface area contributed by atoms with Crippen molar-refractivity contribution in [2.24, 2.45) is 5.92 Å². The van der Waals surface area contributed by atoms with Gasteiger partial charge in [-0.05, 0) is 25.2 Å². The monoisotopic (exact) mass is 298 g/mol. The second-order valence-electron chi connectivity index (χ2n) is 4.08. The van der Waals surface area contributed by atoms with Crippen LogP contribution in [0.25, 0.3) is 0 Å². The smallest absolute Gasteiger partial charge is 0.150 e. The van der Waals surface area contributed by atoms with Gasteiger partial charge >= 0.3 is 0 Å². The molecule has 0 aliphatic carbocycles. The molecule has 1 heterocycles. The van der Waals surface area contributed by atoms with Gasteiger partial charge in [-0.3, -0.25) is 0 Å². The van der Waals surface area contributed by atoms with Gasteiger partial charge in [-0.25, -0.2) is 8.42 Å². The maximum absolute atomic E-state index is 11.5. The summed E-state index contributed by atoms with van der Waals surface area (Å²) < 4.78 is 28.4. The standard InChI is InChI=1S/C10H19BrO3S/c1-2-6-15(12,13)7-4-9-8-14-5-3-10(9)11/h9-10H,2-8H2,1H3. The number of rotatable bonds is 5. The van der Waals surface area contributed by atoms with E-state index in [9.17, 15) is 8.42 Å². The molecular formula is C10H19BrO3S. The van der Waals surface area contributed by atoms with Gasteiger partial charge in [-0.15, -0.1) is 0 Å². The molecule has 1 rings (SSSR count). The van der Waals surface area contributed by atoms with Crippen LogP contribution >= 0.6 is 15.9 Å². The molecule has 0 aromatic carbocycles. The summed E-state index contributed by atoms with van der Waals surface area (Å²) in [5.41, 5.74) is 0. The minimum Gasteiger partial charge on any atom is -0.381 e. The van der Waals surface area contributed by atoms with Crippen LogP contribution in [-0.4, -0.2) is 38.0 Å². The summed E-state index contributed by atoms with van der Waals surface area (Å²) in [6.07, 6.45) is 2.41. The molecule has 0 radical (unpaired) electrons. The zero-order chi connectivity index (χ0) is 11.3. The molecule has 2 atom stereocenters. The number of alkyl halides is 1. The molecular weight excluding hydrogens is 280 g/mol. The van der Waals surface area contributed by atoms with E-state index in [1.54, 1.807) is 0 Å². The molecule has 15 heavy (non-hydrogen) atoms. The second-order valence-corrected chi connectivity index (χ2v) is 7.56. The van der Waals surface area contributed by atoms with E-state index >= 15 is 0 Å². The SMILES string of the molecule is CCCS(=O)(=O)CCC1COCCC1Br. The molecule has 0 aromatic rings. The molecule has 1 fully saturated rings. The highest BCUT2D eigenvalue weighted by Crippen LogP contribution is 2.25. The molecule has 0 aromatic heterocycles. The maximum atomic E-state index is 11.5. The van der Waals surface area contributed by atoms with Crippen molar-refractivity contribution in [3.63, 3.8) is 0 Å². The van der Waals surface area contributed by atoms with Crippen molar-refractivity contribution in [3.8, 4) is 0 Å². The Labute approximate surface area is 101 Å². The third kappa shape index (κ3) is 4.83. The Morgan fingerprint density at radius 1 is 1.40 bits per heavy atom. The highest BCUT2D eigenvalue weighted by molar-refractivity contribution is 9.09. The Morgan fingerprint density at radius 3 is 2.73 bits per heavy atom. The van der Waals surface area contributed by atoms with Gasteiger partial charge in [0.25, 0.3) is 0 Å². The van der Waals surface area contributed by atoms with E-state index in [1.807, 2.05) is 6.92 Å². The van der Waals surface area contributed by atoms with Gasteiger partial charge in [0.15, 0.2) is 0 Å². The first-order valence-corrected chi connectivity index (χ1v) is 8.21. The normalized spacial score (nSPS) is 27.9. The summed E-state index contributed by atoms with van der Waals surface area (Å²) in [6, 6.07) is 0. The van der Waals surface area contributed by atoms with Crippen LogP contribution in [0.3, 0.4) is 0 Å². The van der Waals surface area contributed by atoms with Crippen molar-refractivity contribution >= 4 is 25.8 Å². The Hall–Kier alpha value is 0.390. The van der Waals surface area contributed by atoms with Gasteiger partial charge in [0.05, 0.1) is 12.4 Å². The van der Waals surface area contributed by atoms with E-state index in [4.69, 9.17) is 4.74 Å². The molecule has 3 nitrogen and oxygen atoms in total. The predicted molar refractivity (Wildman–Crippen MR) is 65.2 cm³/mol. The summed E-state index contributed by atoms with van der Waals surface area (Å²) in [6.45, 7) is 3.38. The molecule has 0 saturated carbocycles. The zero-order valence-corrected chi connectivity index (χ0v) is 11.5. The number of sulfone groups is 1. The van der Waals surface area contributed by atoms with Gasteiger partial charge < -0.3 is 4.74 Å². The van der Waals surface area contributed by atoms with E-state index in [-0.39, 0.29) is 0 Å². The molecule has 2 unspecified atom stereocenters. The first-order chi connectivity index (χ1) is 7.05. The van der Waals surface area contributed by atoms with Crippen molar-refractivity contribution in [3.05, 3.63) is 0 Å². The van der Waals surface area contributed by atoms with Crippen molar-refractivity contribution < 1.29 is 13.2 Å². The Bertz CT molecular complexity index is 276. The van der Waals surface area contributed by atoms with Gasteiger partial charge in [0, 0.05) is 17.2 Å². The predicted octanol–water partition coefficient (Wildman–Crippen LogP) is 2.00. The molecule has 90 valence electrons. The average Bonchev–Trinajstić information content (AvgIpc) is 2.16. The number of ether oxygens (including phenoxy) is 1. The van der Waals surface area contributed by atoms with E-state index in [0.29, 0.717) is 35.3 Å². The van der Waals surface area contributed by atoms with Gasteiger partial charge in [-0.2, -0.15) is 0 Å². The Kier molecular flexibility index (Phi) is 5.57. The van der Waals surface area contributed by atoms with E-state index in [1.165, 1.54) is 0 Å². The average molecular weight is 299 g/mol.